The topological polar surface area (TPSA) is 51.7 Å². The molecule has 1 amide bonds. The van der Waals surface area contributed by atoms with Crippen LogP contribution >= 0.6 is 0 Å². The van der Waals surface area contributed by atoms with E-state index in [4.69, 9.17) is 9.47 Å². The maximum absolute atomic E-state index is 12.8. The summed E-state index contributed by atoms with van der Waals surface area (Å²) in [4.78, 5) is 19.0. The molecule has 0 spiro atoms. The Hall–Kier alpha value is -2.40. The minimum Gasteiger partial charge on any atom is -0.491 e. The van der Waals surface area contributed by atoms with Gasteiger partial charge in [0, 0.05) is 25.4 Å². The lowest BCUT2D eigenvalue weighted by atomic mass is 10.2. The van der Waals surface area contributed by atoms with Gasteiger partial charge >= 0.3 is 0 Å². The van der Waals surface area contributed by atoms with Crippen molar-refractivity contribution in [2.45, 2.75) is 44.4 Å². The summed E-state index contributed by atoms with van der Waals surface area (Å²) in [6.07, 6.45) is 6.17. The van der Waals surface area contributed by atoms with Crippen molar-refractivity contribution in [3.05, 3.63) is 59.9 Å². The van der Waals surface area contributed by atoms with E-state index in [-0.39, 0.29) is 12.0 Å². The average Bonchev–Trinajstić information content (AvgIpc) is 3.40. The largest absolute Gasteiger partial charge is 0.491 e. The van der Waals surface area contributed by atoms with Gasteiger partial charge < -0.3 is 14.4 Å². The molecule has 0 unspecified atom stereocenters. The van der Waals surface area contributed by atoms with Crippen LogP contribution in [-0.4, -0.2) is 41.2 Å². The monoisotopic (exact) mass is 352 g/mol. The fraction of sp³-hybridized carbons (Fsp3) is 0.429. The van der Waals surface area contributed by atoms with E-state index in [1.165, 1.54) is 0 Å². The molecule has 5 heteroatoms. The second-order valence-electron chi connectivity index (χ2n) is 6.97. The quantitative estimate of drug-likeness (QED) is 0.766. The third kappa shape index (κ3) is 4.22. The third-order valence-corrected chi connectivity index (χ3v) is 4.84. The number of carbonyl (C=O) groups excluding carboxylic acids is 1. The molecule has 1 saturated carbocycles. The summed E-state index contributed by atoms with van der Waals surface area (Å²) in [5, 5.41) is 0. The van der Waals surface area contributed by atoms with Crippen molar-refractivity contribution >= 4 is 5.91 Å². The lowest BCUT2D eigenvalue weighted by molar-refractivity contribution is 0.0678. The Morgan fingerprint density at radius 1 is 1.19 bits per heavy atom. The number of carbonyl (C=O) groups is 1. The Bertz CT molecular complexity index is 740. The Morgan fingerprint density at radius 2 is 2.12 bits per heavy atom. The Kier molecular flexibility index (Phi) is 5.16. The van der Waals surface area contributed by atoms with Gasteiger partial charge in [-0.25, -0.2) is 0 Å². The SMILES string of the molecule is O=C(c1ccccn1)N(Cc1cccc(OC[C@H]2CCCO2)c1)C1CC1. The first-order valence-corrected chi connectivity index (χ1v) is 9.35. The van der Waals surface area contributed by atoms with Crippen molar-refractivity contribution in [2.24, 2.45) is 0 Å². The highest BCUT2D eigenvalue weighted by molar-refractivity contribution is 5.92. The first-order valence-electron chi connectivity index (χ1n) is 9.35. The molecule has 2 fully saturated rings. The Morgan fingerprint density at radius 3 is 2.85 bits per heavy atom. The number of hydrogen-bond acceptors (Lipinski definition) is 4. The number of rotatable bonds is 7. The molecule has 1 aromatic carbocycles. The maximum Gasteiger partial charge on any atom is 0.272 e. The van der Waals surface area contributed by atoms with Crippen LogP contribution in [-0.2, 0) is 11.3 Å². The Balaban J connectivity index is 1.42. The van der Waals surface area contributed by atoms with Crippen LogP contribution in [0.15, 0.2) is 48.7 Å². The molecule has 0 radical (unpaired) electrons. The number of hydrogen-bond donors (Lipinski definition) is 0. The lowest BCUT2D eigenvalue weighted by Gasteiger charge is -2.22. The van der Waals surface area contributed by atoms with E-state index in [9.17, 15) is 4.79 Å². The second kappa shape index (κ2) is 7.87. The molecular formula is C21H24N2O3. The molecule has 26 heavy (non-hydrogen) atoms. The van der Waals surface area contributed by atoms with Crippen molar-refractivity contribution in [2.75, 3.05) is 13.2 Å². The van der Waals surface area contributed by atoms with Crippen LogP contribution in [0.2, 0.25) is 0 Å². The zero-order valence-electron chi connectivity index (χ0n) is 14.8. The van der Waals surface area contributed by atoms with Gasteiger partial charge in [0.2, 0.25) is 0 Å². The first-order chi connectivity index (χ1) is 12.8. The number of benzene rings is 1. The van der Waals surface area contributed by atoms with Crippen molar-refractivity contribution < 1.29 is 14.3 Å². The summed E-state index contributed by atoms with van der Waals surface area (Å²) in [6.45, 7) is 2.00. The van der Waals surface area contributed by atoms with Gasteiger partial charge in [0.15, 0.2) is 0 Å². The van der Waals surface area contributed by atoms with Gasteiger partial charge in [-0.05, 0) is 55.5 Å². The predicted octanol–water partition coefficient (Wildman–Crippen LogP) is 3.44. The summed E-state index contributed by atoms with van der Waals surface area (Å²) < 4.78 is 11.5. The smallest absolute Gasteiger partial charge is 0.272 e. The molecule has 136 valence electrons. The molecule has 2 aliphatic rings. The number of ether oxygens (including phenoxy) is 2. The standard InChI is InChI=1S/C21H24N2O3/c24-21(20-8-1-2-11-22-20)23(17-9-10-17)14-16-5-3-6-18(13-16)26-15-19-7-4-12-25-19/h1-3,5-6,8,11,13,17,19H,4,7,9-10,12,14-15H2/t19-/m1/s1. The van der Waals surface area contributed by atoms with Gasteiger partial charge in [0.1, 0.15) is 18.1 Å². The highest BCUT2D eigenvalue weighted by atomic mass is 16.5. The molecule has 4 rings (SSSR count). The van der Waals surface area contributed by atoms with Gasteiger partial charge in [-0.15, -0.1) is 0 Å². The van der Waals surface area contributed by atoms with E-state index in [1.807, 2.05) is 41.3 Å². The fourth-order valence-electron chi connectivity index (χ4n) is 3.28. The number of aromatic nitrogens is 1. The summed E-state index contributed by atoms with van der Waals surface area (Å²) in [5.41, 5.74) is 1.58. The predicted molar refractivity (Wildman–Crippen MR) is 98.0 cm³/mol. The highest BCUT2D eigenvalue weighted by Crippen LogP contribution is 2.30. The minimum atomic E-state index is -0.00113. The summed E-state index contributed by atoms with van der Waals surface area (Å²) in [7, 11) is 0. The van der Waals surface area contributed by atoms with Gasteiger partial charge in [0.25, 0.3) is 5.91 Å². The molecule has 0 bridgehead atoms. The number of amides is 1. The molecule has 1 atom stereocenters. The van der Waals surface area contributed by atoms with Crippen molar-refractivity contribution in [3.8, 4) is 5.75 Å². The van der Waals surface area contributed by atoms with E-state index in [0.29, 0.717) is 24.9 Å². The van der Waals surface area contributed by atoms with E-state index >= 15 is 0 Å². The molecule has 1 aliphatic heterocycles. The van der Waals surface area contributed by atoms with Gasteiger partial charge in [-0.1, -0.05) is 18.2 Å². The molecule has 2 aromatic rings. The summed E-state index contributed by atoms with van der Waals surface area (Å²) >= 11 is 0. The van der Waals surface area contributed by atoms with Crippen LogP contribution in [0.4, 0.5) is 0 Å². The van der Waals surface area contributed by atoms with Gasteiger partial charge in [-0.2, -0.15) is 0 Å². The van der Waals surface area contributed by atoms with E-state index in [1.54, 1.807) is 12.3 Å². The van der Waals surface area contributed by atoms with Crippen molar-refractivity contribution in [1.29, 1.82) is 0 Å². The van der Waals surface area contributed by atoms with Crippen molar-refractivity contribution in [3.63, 3.8) is 0 Å². The van der Waals surface area contributed by atoms with E-state index < -0.39 is 0 Å². The van der Waals surface area contributed by atoms with Crippen molar-refractivity contribution in [1.82, 2.24) is 9.88 Å². The molecule has 1 aliphatic carbocycles. The second-order valence-corrected chi connectivity index (χ2v) is 6.97. The maximum atomic E-state index is 12.8. The van der Waals surface area contributed by atoms with Crippen LogP contribution in [0.3, 0.4) is 0 Å². The lowest BCUT2D eigenvalue weighted by Crippen LogP contribution is -2.33. The van der Waals surface area contributed by atoms with Crippen LogP contribution in [0.25, 0.3) is 0 Å². The molecule has 1 aromatic heterocycles. The Labute approximate surface area is 153 Å². The summed E-state index contributed by atoms with van der Waals surface area (Å²) in [5.74, 6) is 0.831. The number of nitrogens with zero attached hydrogens (tertiary/aromatic N) is 2. The van der Waals surface area contributed by atoms with Crippen LogP contribution in [0.5, 0.6) is 5.75 Å². The summed E-state index contributed by atoms with van der Waals surface area (Å²) in [6, 6.07) is 13.8. The average molecular weight is 352 g/mol. The zero-order valence-corrected chi connectivity index (χ0v) is 14.8. The zero-order chi connectivity index (χ0) is 17.8. The van der Waals surface area contributed by atoms with Crippen LogP contribution in [0.1, 0.15) is 41.7 Å². The van der Waals surface area contributed by atoms with Crippen LogP contribution in [0, 0.1) is 0 Å². The minimum absolute atomic E-state index is 0.00113. The van der Waals surface area contributed by atoms with Gasteiger partial charge in [-0.3, -0.25) is 9.78 Å². The molecular weight excluding hydrogens is 328 g/mol. The van der Waals surface area contributed by atoms with Gasteiger partial charge in [0.05, 0.1) is 6.10 Å². The first kappa shape index (κ1) is 17.0. The third-order valence-electron chi connectivity index (χ3n) is 4.84. The molecule has 1 saturated heterocycles. The molecule has 0 N–H and O–H groups in total. The van der Waals surface area contributed by atoms with E-state index in [0.717, 1.165) is 43.6 Å². The highest BCUT2D eigenvalue weighted by Gasteiger charge is 2.33. The van der Waals surface area contributed by atoms with E-state index in [2.05, 4.69) is 4.98 Å². The molecule has 2 heterocycles. The molecule has 5 nitrogen and oxygen atoms in total. The fourth-order valence-corrected chi connectivity index (χ4v) is 3.28. The van der Waals surface area contributed by atoms with Crippen LogP contribution < -0.4 is 4.74 Å². The normalized spacial score (nSPS) is 19.3. The number of pyridine rings is 1.